The third-order valence-corrected chi connectivity index (χ3v) is 5.83. The van der Waals surface area contributed by atoms with Crippen LogP contribution in [0.3, 0.4) is 0 Å². The lowest BCUT2D eigenvalue weighted by atomic mass is 9.68. The molecule has 2 atom stereocenters. The zero-order chi connectivity index (χ0) is 17.0. The number of hydrogen-bond donors (Lipinski definition) is 2. The minimum atomic E-state index is -0.202. The van der Waals surface area contributed by atoms with Gasteiger partial charge in [-0.15, -0.1) is 36.4 Å². The molecule has 1 heterocycles. The normalized spacial score (nSPS) is 18.1. The lowest BCUT2D eigenvalue weighted by Crippen LogP contribution is -2.52. The van der Waals surface area contributed by atoms with E-state index in [0.29, 0.717) is 0 Å². The number of hydrogen-bond acceptors (Lipinski definition) is 2. The van der Waals surface area contributed by atoms with Gasteiger partial charge in [-0.05, 0) is 56.1 Å². The predicted molar refractivity (Wildman–Crippen MR) is 117 cm³/mol. The van der Waals surface area contributed by atoms with Gasteiger partial charge in [-0.3, -0.25) is 5.32 Å². The number of alkyl halides is 1. The summed E-state index contributed by atoms with van der Waals surface area (Å²) in [4.78, 5) is 0. The van der Waals surface area contributed by atoms with Gasteiger partial charge < -0.3 is 5.32 Å². The molecule has 0 spiro atoms. The first-order valence-electron chi connectivity index (χ1n) is 8.54. The van der Waals surface area contributed by atoms with Gasteiger partial charge in [0.05, 0.1) is 0 Å². The Balaban J connectivity index is 0.00000169. The minimum Gasteiger partial charge on any atom is -0.317 e. The Morgan fingerprint density at radius 2 is 1.65 bits per heavy atom. The molecule has 0 amide bonds. The average molecular weight is 436 g/mol. The van der Waals surface area contributed by atoms with Crippen molar-refractivity contribution in [2.45, 2.75) is 36.7 Å². The van der Waals surface area contributed by atoms with E-state index in [1.807, 2.05) is 30.3 Å². The number of nitrogens with one attached hydrogen (secondary N) is 2. The first-order valence-corrected chi connectivity index (χ1v) is 9.35. The zero-order valence-electron chi connectivity index (χ0n) is 14.8. The summed E-state index contributed by atoms with van der Waals surface area (Å²) >= 11 is 12.9. The van der Waals surface area contributed by atoms with Crippen LogP contribution in [0.15, 0.2) is 54.6 Å². The topological polar surface area (TPSA) is 24.1 Å². The molecule has 144 valence electrons. The second-order valence-electron chi connectivity index (χ2n) is 6.58. The summed E-state index contributed by atoms with van der Waals surface area (Å²) in [6.45, 7) is 4.26. The quantitative estimate of drug-likeness (QED) is 0.463. The predicted octanol–water partition coefficient (Wildman–Crippen LogP) is 5.72. The molecule has 6 heteroatoms. The summed E-state index contributed by atoms with van der Waals surface area (Å²) in [6.07, 6.45) is 2.14. The van der Waals surface area contributed by atoms with Gasteiger partial charge in [0.2, 0.25) is 0 Å². The van der Waals surface area contributed by atoms with Crippen molar-refractivity contribution in [1.82, 2.24) is 10.6 Å². The molecule has 2 N–H and O–H groups in total. The fourth-order valence-corrected chi connectivity index (χ4v) is 4.26. The maximum absolute atomic E-state index is 6.65. The van der Waals surface area contributed by atoms with Crippen molar-refractivity contribution in [1.29, 1.82) is 0 Å². The molecule has 1 saturated heterocycles. The summed E-state index contributed by atoms with van der Waals surface area (Å²) < 4.78 is 0. The SMILES string of the molecule is CC(NC(Cl)c1ccccc1)C1(c2cccc(Cl)c2)CCNCC1.Cl.Cl. The third kappa shape index (κ3) is 5.28. The van der Waals surface area contributed by atoms with Gasteiger partial charge in [0.15, 0.2) is 0 Å². The van der Waals surface area contributed by atoms with E-state index >= 15 is 0 Å². The number of rotatable bonds is 5. The number of piperidine rings is 1. The van der Waals surface area contributed by atoms with Crippen LogP contribution in [0, 0.1) is 0 Å². The second kappa shape index (κ2) is 10.8. The Morgan fingerprint density at radius 1 is 1.00 bits per heavy atom. The van der Waals surface area contributed by atoms with E-state index < -0.39 is 0 Å². The molecule has 0 radical (unpaired) electrons. The molecule has 2 unspecified atom stereocenters. The van der Waals surface area contributed by atoms with Crippen molar-refractivity contribution >= 4 is 48.0 Å². The van der Waals surface area contributed by atoms with E-state index in [1.165, 1.54) is 5.56 Å². The Hall–Kier alpha value is -0.480. The van der Waals surface area contributed by atoms with Crippen molar-refractivity contribution < 1.29 is 0 Å². The molecule has 1 fully saturated rings. The summed E-state index contributed by atoms with van der Waals surface area (Å²) in [5, 5.41) is 7.88. The lowest BCUT2D eigenvalue weighted by molar-refractivity contribution is 0.231. The van der Waals surface area contributed by atoms with Crippen molar-refractivity contribution in [3.63, 3.8) is 0 Å². The largest absolute Gasteiger partial charge is 0.317 e. The summed E-state index contributed by atoms with van der Waals surface area (Å²) in [5.74, 6) is 0. The van der Waals surface area contributed by atoms with E-state index in [-0.39, 0.29) is 41.8 Å². The van der Waals surface area contributed by atoms with Crippen LogP contribution in [0.2, 0.25) is 5.02 Å². The fraction of sp³-hybridized carbons (Fsp3) is 0.400. The van der Waals surface area contributed by atoms with Crippen LogP contribution in [-0.4, -0.2) is 19.1 Å². The monoisotopic (exact) mass is 434 g/mol. The van der Waals surface area contributed by atoms with Crippen molar-refractivity contribution in [3.8, 4) is 0 Å². The van der Waals surface area contributed by atoms with Gasteiger partial charge in [0.25, 0.3) is 0 Å². The summed E-state index contributed by atoms with van der Waals surface area (Å²) in [7, 11) is 0. The van der Waals surface area contributed by atoms with Crippen LogP contribution in [0.4, 0.5) is 0 Å². The van der Waals surface area contributed by atoms with Gasteiger partial charge >= 0.3 is 0 Å². The van der Waals surface area contributed by atoms with E-state index in [9.17, 15) is 0 Å². The first kappa shape index (κ1) is 23.6. The Morgan fingerprint density at radius 3 is 2.27 bits per heavy atom. The van der Waals surface area contributed by atoms with Crippen molar-refractivity contribution in [3.05, 3.63) is 70.7 Å². The molecule has 0 aliphatic carbocycles. The Labute approximate surface area is 178 Å². The molecular weight excluding hydrogens is 410 g/mol. The van der Waals surface area contributed by atoms with Gasteiger partial charge in [0, 0.05) is 16.5 Å². The van der Waals surface area contributed by atoms with E-state index in [0.717, 1.165) is 36.5 Å². The molecule has 2 aromatic carbocycles. The first-order chi connectivity index (χ1) is 11.6. The van der Waals surface area contributed by atoms with Crippen LogP contribution in [0.1, 0.15) is 36.4 Å². The highest BCUT2D eigenvalue weighted by Gasteiger charge is 2.39. The molecule has 0 aromatic heterocycles. The van der Waals surface area contributed by atoms with Crippen LogP contribution in [-0.2, 0) is 5.41 Å². The zero-order valence-corrected chi connectivity index (χ0v) is 17.9. The molecule has 3 rings (SSSR count). The van der Waals surface area contributed by atoms with Crippen molar-refractivity contribution in [2.24, 2.45) is 0 Å². The maximum Gasteiger partial charge on any atom is 0.108 e. The van der Waals surface area contributed by atoms with E-state index in [1.54, 1.807) is 0 Å². The second-order valence-corrected chi connectivity index (χ2v) is 7.45. The van der Waals surface area contributed by atoms with Gasteiger partial charge in [0.1, 0.15) is 5.50 Å². The van der Waals surface area contributed by atoms with Gasteiger partial charge in [-0.1, -0.05) is 54.1 Å². The number of halogens is 4. The lowest BCUT2D eigenvalue weighted by Gasteiger charge is -2.44. The highest BCUT2D eigenvalue weighted by Crippen LogP contribution is 2.39. The highest BCUT2D eigenvalue weighted by molar-refractivity contribution is 6.30. The molecule has 0 bridgehead atoms. The highest BCUT2D eigenvalue weighted by atomic mass is 35.5. The van der Waals surface area contributed by atoms with Crippen LogP contribution >= 0.6 is 48.0 Å². The third-order valence-electron chi connectivity index (χ3n) is 5.21. The molecule has 2 aromatic rings. The standard InChI is InChI=1S/C20H24Cl2N2.2ClH/c1-15(24-19(22)16-6-3-2-4-7-16)20(10-12-23-13-11-20)17-8-5-9-18(21)14-17;;/h2-9,14-15,19,23-24H,10-13H2,1H3;2*1H. The smallest absolute Gasteiger partial charge is 0.108 e. The Kier molecular flexibility index (Phi) is 9.74. The summed E-state index contributed by atoms with van der Waals surface area (Å²) in [6, 6.07) is 18.7. The van der Waals surface area contributed by atoms with Crippen molar-refractivity contribution in [2.75, 3.05) is 13.1 Å². The average Bonchev–Trinajstić information content (AvgIpc) is 2.63. The van der Waals surface area contributed by atoms with E-state index in [4.69, 9.17) is 23.2 Å². The van der Waals surface area contributed by atoms with Crippen LogP contribution in [0.5, 0.6) is 0 Å². The fourth-order valence-electron chi connectivity index (χ4n) is 3.74. The molecule has 26 heavy (non-hydrogen) atoms. The van der Waals surface area contributed by atoms with Crippen LogP contribution < -0.4 is 10.6 Å². The summed E-state index contributed by atoms with van der Waals surface area (Å²) in [5.41, 5.74) is 2.24. The van der Waals surface area contributed by atoms with E-state index in [2.05, 4.69) is 41.8 Å². The molecule has 2 nitrogen and oxygen atoms in total. The Bertz CT molecular complexity index is 660. The minimum absolute atomic E-state index is 0. The molecule has 1 aliphatic rings. The van der Waals surface area contributed by atoms with Gasteiger partial charge in [-0.25, -0.2) is 0 Å². The molecule has 1 aliphatic heterocycles. The van der Waals surface area contributed by atoms with Crippen LogP contribution in [0.25, 0.3) is 0 Å². The molecular formula is C20H26Cl4N2. The maximum atomic E-state index is 6.65. The molecule has 0 saturated carbocycles. The van der Waals surface area contributed by atoms with Gasteiger partial charge in [-0.2, -0.15) is 0 Å². The number of benzene rings is 2.